The molecule has 2 heterocycles. The van der Waals surface area contributed by atoms with Gasteiger partial charge in [-0.1, -0.05) is 23.4 Å². The number of nitrogens with one attached hydrogen (secondary N) is 1. The summed E-state index contributed by atoms with van der Waals surface area (Å²) in [7, 11) is 0. The first-order chi connectivity index (χ1) is 13.0. The average molecular weight is 381 g/mol. The van der Waals surface area contributed by atoms with E-state index >= 15 is 0 Å². The van der Waals surface area contributed by atoms with E-state index in [1.807, 2.05) is 0 Å². The van der Waals surface area contributed by atoms with Crippen LogP contribution in [0.5, 0.6) is 0 Å². The van der Waals surface area contributed by atoms with Gasteiger partial charge in [0.25, 0.3) is 5.91 Å². The van der Waals surface area contributed by atoms with E-state index in [2.05, 4.69) is 23.3 Å². The van der Waals surface area contributed by atoms with Crippen LogP contribution in [0, 0.1) is 23.7 Å². The van der Waals surface area contributed by atoms with E-state index in [-0.39, 0.29) is 41.4 Å². The normalized spacial score (nSPS) is 31.2. The van der Waals surface area contributed by atoms with E-state index < -0.39 is 0 Å². The fourth-order valence-corrected chi connectivity index (χ4v) is 5.59. The molecule has 4 unspecified atom stereocenters. The second kappa shape index (κ2) is 6.05. The van der Waals surface area contributed by atoms with Gasteiger partial charge in [0.05, 0.1) is 24.1 Å². The minimum Gasteiger partial charge on any atom is -0.301 e. The van der Waals surface area contributed by atoms with Gasteiger partial charge in [0, 0.05) is 11.3 Å². The highest BCUT2D eigenvalue weighted by atomic mass is 32.2. The van der Waals surface area contributed by atoms with Gasteiger partial charge in [-0.2, -0.15) is 0 Å². The number of amides is 3. The molecule has 4 aliphatic rings. The lowest BCUT2D eigenvalue weighted by molar-refractivity contribution is -0.123. The van der Waals surface area contributed by atoms with Gasteiger partial charge in [0.1, 0.15) is 0 Å². The Hall–Kier alpha value is -2.41. The van der Waals surface area contributed by atoms with Crippen LogP contribution in [0.2, 0.25) is 0 Å². The van der Waals surface area contributed by atoms with Gasteiger partial charge in [0.2, 0.25) is 11.8 Å². The number of aliphatic imine (C=N–C) groups is 1. The molecule has 1 aromatic carbocycles. The molecular weight excluding hydrogens is 362 g/mol. The molecular formula is C20H19N3O3S. The van der Waals surface area contributed by atoms with Crippen LogP contribution in [-0.2, 0) is 9.59 Å². The molecule has 7 heteroatoms. The number of nitrogens with zero attached hydrogens (tertiary/aromatic N) is 2. The Morgan fingerprint density at radius 1 is 1.19 bits per heavy atom. The van der Waals surface area contributed by atoms with Crippen LogP contribution < -0.4 is 10.2 Å². The number of amidine groups is 1. The summed E-state index contributed by atoms with van der Waals surface area (Å²) in [5.74, 6) is 0.413. The minimum absolute atomic E-state index is 0.0983. The van der Waals surface area contributed by atoms with Crippen LogP contribution in [0.4, 0.5) is 5.69 Å². The van der Waals surface area contributed by atoms with Crippen LogP contribution in [0.3, 0.4) is 0 Å². The van der Waals surface area contributed by atoms with Crippen molar-refractivity contribution in [3.63, 3.8) is 0 Å². The smallest absolute Gasteiger partial charge is 0.257 e. The van der Waals surface area contributed by atoms with Crippen LogP contribution in [0.15, 0.2) is 40.9 Å². The molecule has 2 aliphatic heterocycles. The maximum Gasteiger partial charge on any atom is 0.257 e. The molecule has 5 rings (SSSR count). The summed E-state index contributed by atoms with van der Waals surface area (Å²) in [4.78, 5) is 43.7. The molecule has 4 atom stereocenters. The van der Waals surface area contributed by atoms with Gasteiger partial charge in [0.15, 0.2) is 5.17 Å². The monoisotopic (exact) mass is 381 g/mol. The molecule has 1 saturated carbocycles. The molecule has 1 aromatic rings. The molecule has 6 nitrogen and oxygen atoms in total. The van der Waals surface area contributed by atoms with Crippen LogP contribution in [0.1, 0.15) is 23.7 Å². The summed E-state index contributed by atoms with van der Waals surface area (Å²) >= 11 is 1.52. The van der Waals surface area contributed by atoms with Crippen molar-refractivity contribution >= 4 is 40.3 Å². The Morgan fingerprint density at radius 2 is 1.93 bits per heavy atom. The van der Waals surface area contributed by atoms with Crippen molar-refractivity contribution in [3.05, 3.63) is 41.5 Å². The van der Waals surface area contributed by atoms with Crippen LogP contribution in [-0.4, -0.2) is 35.2 Å². The van der Waals surface area contributed by atoms with E-state index in [9.17, 15) is 14.4 Å². The molecule has 0 spiro atoms. The van der Waals surface area contributed by atoms with Crippen molar-refractivity contribution in [2.45, 2.75) is 13.3 Å². The van der Waals surface area contributed by atoms with Crippen molar-refractivity contribution in [2.24, 2.45) is 28.7 Å². The van der Waals surface area contributed by atoms with Gasteiger partial charge in [-0.05, 0) is 49.4 Å². The molecule has 1 saturated heterocycles. The van der Waals surface area contributed by atoms with Crippen molar-refractivity contribution in [2.75, 3.05) is 17.2 Å². The zero-order chi connectivity index (χ0) is 18.7. The number of hydrogen-bond donors (Lipinski definition) is 1. The highest BCUT2D eigenvalue weighted by molar-refractivity contribution is 8.14. The fraction of sp³-hybridized carbons (Fsp3) is 0.400. The summed E-state index contributed by atoms with van der Waals surface area (Å²) in [6.45, 7) is 2.78. The highest BCUT2D eigenvalue weighted by Gasteiger charge is 2.60. The van der Waals surface area contributed by atoms with Crippen molar-refractivity contribution in [1.29, 1.82) is 0 Å². The Bertz CT molecular complexity index is 921. The van der Waals surface area contributed by atoms with Gasteiger partial charge >= 0.3 is 0 Å². The summed E-state index contributed by atoms with van der Waals surface area (Å²) in [6.07, 6.45) is 3.09. The zero-order valence-electron chi connectivity index (χ0n) is 14.8. The number of thioether (sulfide) groups is 1. The predicted molar refractivity (Wildman–Crippen MR) is 103 cm³/mol. The first kappa shape index (κ1) is 16.7. The summed E-state index contributed by atoms with van der Waals surface area (Å²) < 4.78 is 0. The molecule has 138 valence electrons. The lowest BCUT2D eigenvalue weighted by Crippen LogP contribution is -2.33. The number of benzene rings is 1. The predicted octanol–water partition coefficient (Wildman–Crippen LogP) is 2.22. The van der Waals surface area contributed by atoms with Gasteiger partial charge in [-0.15, -0.1) is 0 Å². The van der Waals surface area contributed by atoms with E-state index in [1.54, 1.807) is 24.3 Å². The van der Waals surface area contributed by atoms with E-state index in [0.29, 0.717) is 16.4 Å². The Morgan fingerprint density at radius 3 is 2.63 bits per heavy atom. The molecule has 2 bridgehead atoms. The molecule has 0 radical (unpaired) electrons. The van der Waals surface area contributed by atoms with E-state index in [1.165, 1.54) is 22.2 Å². The van der Waals surface area contributed by atoms with Crippen LogP contribution in [0.25, 0.3) is 0 Å². The third-order valence-electron chi connectivity index (χ3n) is 6.07. The van der Waals surface area contributed by atoms with Gasteiger partial charge in [-0.3, -0.25) is 24.3 Å². The largest absolute Gasteiger partial charge is 0.301 e. The quantitative estimate of drug-likeness (QED) is 0.629. The highest BCUT2D eigenvalue weighted by Crippen LogP contribution is 2.55. The molecule has 2 aliphatic carbocycles. The number of hydrogen-bond acceptors (Lipinski definition) is 5. The summed E-state index contributed by atoms with van der Waals surface area (Å²) in [5.41, 5.74) is 2.26. The zero-order valence-corrected chi connectivity index (χ0v) is 15.7. The number of anilines is 1. The Kier molecular flexibility index (Phi) is 3.75. The van der Waals surface area contributed by atoms with Crippen molar-refractivity contribution in [1.82, 2.24) is 5.32 Å². The average Bonchev–Trinajstić information content (AvgIpc) is 3.41. The summed E-state index contributed by atoms with van der Waals surface area (Å²) in [6, 6.07) is 6.66. The first-order valence-corrected chi connectivity index (χ1v) is 10.2. The Balaban J connectivity index is 1.36. The Labute approximate surface area is 161 Å². The third kappa shape index (κ3) is 2.48. The number of rotatable bonds is 2. The molecule has 1 N–H and O–H groups in total. The fourth-order valence-electron chi connectivity index (χ4n) is 4.87. The first-order valence-electron chi connectivity index (χ1n) is 9.19. The summed E-state index contributed by atoms with van der Waals surface area (Å²) in [5, 5.41) is 3.42. The number of carbonyl (C=O) groups excluding carboxylic acids is 3. The number of allylic oxidation sites excluding steroid dienone is 2. The lowest BCUT2D eigenvalue weighted by Gasteiger charge is -2.19. The topological polar surface area (TPSA) is 78.8 Å². The van der Waals surface area contributed by atoms with E-state index in [4.69, 9.17) is 0 Å². The van der Waals surface area contributed by atoms with Gasteiger partial charge < -0.3 is 5.32 Å². The lowest BCUT2D eigenvalue weighted by atomic mass is 9.82. The second-order valence-corrected chi connectivity index (χ2v) is 8.60. The molecule has 3 amide bonds. The SMILES string of the molecule is CC1=CC2CC1C1C(=O)N(c3ccc(C(=O)NC4=NCCS4)cc3)C(=O)C21. The van der Waals surface area contributed by atoms with Gasteiger partial charge in [-0.25, -0.2) is 0 Å². The maximum absolute atomic E-state index is 13.0. The number of fused-ring (bicyclic) bond motifs is 5. The maximum atomic E-state index is 13.0. The van der Waals surface area contributed by atoms with E-state index in [0.717, 1.165) is 18.7 Å². The molecule has 0 aromatic heterocycles. The molecule has 27 heavy (non-hydrogen) atoms. The number of carbonyl (C=O) groups is 3. The standard InChI is InChI=1S/C20H19N3O3S/c1-10-8-12-9-14(10)16-15(12)18(25)23(19(16)26)13-4-2-11(3-5-13)17(24)22-20-21-6-7-27-20/h2-5,8,12,14-16H,6-7,9H2,1H3,(H,21,22,24). The molecule has 2 fully saturated rings. The van der Waals surface area contributed by atoms with Crippen molar-refractivity contribution < 1.29 is 14.4 Å². The third-order valence-corrected chi connectivity index (χ3v) is 6.97. The minimum atomic E-state index is -0.233. The number of imide groups is 1. The van der Waals surface area contributed by atoms with Crippen LogP contribution >= 0.6 is 11.8 Å². The van der Waals surface area contributed by atoms with Crippen molar-refractivity contribution in [3.8, 4) is 0 Å². The second-order valence-electron chi connectivity index (χ2n) is 7.52.